The monoisotopic (exact) mass is 964 g/mol. The van der Waals surface area contributed by atoms with Crippen LogP contribution in [0, 0.1) is 27.7 Å². The summed E-state index contributed by atoms with van der Waals surface area (Å²) in [5.74, 6) is 1.79. The topological polar surface area (TPSA) is 19.0 Å². The molecule has 0 atom stereocenters. The van der Waals surface area contributed by atoms with Gasteiger partial charge in [-0.15, -0.1) is 0 Å². The number of benzene rings is 9. The fourth-order valence-corrected chi connectivity index (χ4v) is 11.8. The van der Waals surface area contributed by atoms with E-state index in [1.165, 1.54) is 77.7 Å². The van der Waals surface area contributed by atoms with Crippen LogP contribution in [-0.4, -0.2) is 6.71 Å². The molecule has 1 aliphatic carbocycles. The SMILES string of the molecule is Cc1ccc(N(c2ccc(C)cc2)c2ccc3c(c2)Oc2cc(C(C)(C)C)cc4c2B3c2cc(C(C)(C)C)ccc2N4c2cc(N(c3ccc(C)cc3)c3ccc(C)cc3)c3c(c2)C(C)(C)c2ccccc2-3)cc1. The Balaban J connectivity index is 1.13. The maximum absolute atomic E-state index is 7.44. The molecule has 0 saturated carbocycles. The van der Waals surface area contributed by atoms with E-state index in [1.807, 2.05) is 0 Å². The number of aryl methyl sites for hydroxylation is 4. The molecule has 0 bridgehead atoms. The maximum Gasteiger partial charge on any atom is 0.256 e. The lowest BCUT2D eigenvalue weighted by Gasteiger charge is -2.42. The minimum Gasteiger partial charge on any atom is -0.458 e. The summed E-state index contributed by atoms with van der Waals surface area (Å²) in [7, 11) is 0. The Bertz CT molecular complexity index is 3580. The Labute approximate surface area is 440 Å². The van der Waals surface area contributed by atoms with Crippen LogP contribution < -0.4 is 35.8 Å². The fourth-order valence-electron chi connectivity index (χ4n) is 11.8. The van der Waals surface area contributed by atoms with Gasteiger partial charge in [0.25, 0.3) is 6.71 Å². The fraction of sp³-hybridized carbons (Fsp3) is 0.217. The van der Waals surface area contributed by atoms with Crippen LogP contribution >= 0.6 is 0 Å². The Kier molecular flexibility index (Phi) is 11.0. The summed E-state index contributed by atoms with van der Waals surface area (Å²) in [5, 5.41) is 0. The highest BCUT2D eigenvalue weighted by atomic mass is 16.5. The second-order valence-corrected chi connectivity index (χ2v) is 23.8. The number of ether oxygens (including phenoxy) is 1. The summed E-state index contributed by atoms with van der Waals surface area (Å²) < 4.78 is 7.44. The van der Waals surface area contributed by atoms with Crippen LogP contribution in [0.25, 0.3) is 11.1 Å². The summed E-state index contributed by atoms with van der Waals surface area (Å²) in [4.78, 5) is 7.42. The average molecular weight is 964 g/mol. The molecule has 2 heterocycles. The first kappa shape index (κ1) is 47.3. The van der Waals surface area contributed by atoms with E-state index in [4.69, 9.17) is 4.74 Å². The molecule has 9 aromatic rings. The second-order valence-electron chi connectivity index (χ2n) is 23.8. The smallest absolute Gasteiger partial charge is 0.256 e. The molecule has 0 saturated heterocycles. The van der Waals surface area contributed by atoms with Crippen molar-refractivity contribution < 1.29 is 4.74 Å². The minimum absolute atomic E-state index is 0.0845. The molecule has 0 spiro atoms. The summed E-state index contributed by atoms with van der Waals surface area (Å²) in [5.41, 5.74) is 25.9. The average Bonchev–Trinajstić information content (AvgIpc) is 3.61. The molecule has 0 aromatic heterocycles. The van der Waals surface area contributed by atoms with E-state index in [-0.39, 0.29) is 23.0 Å². The van der Waals surface area contributed by atoms with E-state index in [2.05, 4.69) is 280 Å². The van der Waals surface area contributed by atoms with Gasteiger partial charge in [0.05, 0.1) is 5.69 Å². The van der Waals surface area contributed by atoms with Crippen molar-refractivity contribution in [1.82, 2.24) is 0 Å². The van der Waals surface area contributed by atoms with Crippen LogP contribution in [0.2, 0.25) is 0 Å². The van der Waals surface area contributed by atoms with Crippen molar-refractivity contribution in [3.8, 4) is 22.6 Å². The van der Waals surface area contributed by atoms with Crippen LogP contribution in [-0.2, 0) is 16.2 Å². The summed E-state index contributed by atoms with van der Waals surface area (Å²) >= 11 is 0. The van der Waals surface area contributed by atoms with Crippen LogP contribution in [0.1, 0.15) is 99.9 Å². The number of nitrogens with zero attached hydrogens (tertiary/aromatic N) is 3. The molecule has 5 heteroatoms. The van der Waals surface area contributed by atoms with Crippen LogP contribution in [0.15, 0.2) is 182 Å². The van der Waals surface area contributed by atoms with Gasteiger partial charge in [-0.2, -0.15) is 0 Å². The summed E-state index contributed by atoms with van der Waals surface area (Å²) in [6, 6.07) is 68.8. The largest absolute Gasteiger partial charge is 0.458 e. The van der Waals surface area contributed by atoms with Crippen molar-refractivity contribution >= 4 is 74.3 Å². The molecule has 0 N–H and O–H groups in total. The number of anilines is 9. The van der Waals surface area contributed by atoms with Gasteiger partial charge < -0.3 is 19.4 Å². The molecule has 0 fully saturated rings. The molecule has 0 amide bonds. The van der Waals surface area contributed by atoms with Gasteiger partial charge in [0.1, 0.15) is 11.5 Å². The Morgan fingerprint density at radius 2 is 0.973 bits per heavy atom. The molecule has 366 valence electrons. The highest BCUT2D eigenvalue weighted by Gasteiger charge is 2.45. The van der Waals surface area contributed by atoms with Crippen molar-refractivity contribution in [1.29, 1.82) is 0 Å². The first-order valence-electron chi connectivity index (χ1n) is 26.4. The quantitative estimate of drug-likeness (QED) is 0.148. The maximum atomic E-state index is 7.44. The first-order valence-corrected chi connectivity index (χ1v) is 26.4. The predicted molar refractivity (Wildman–Crippen MR) is 316 cm³/mol. The summed E-state index contributed by atoms with van der Waals surface area (Å²) in [6.07, 6.45) is 0. The van der Waals surface area contributed by atoms with Crippen molar-refractivity contribution in [2.24, 2.45) is 0 Å². The second kappa shape index (κ2) is 17.2. The van der Waals surface area contributed by atoms with Crippen LogP contribution in [0.4, 0.5) is 51.2 Å². The Morgan fingerprint density at radius 1 is 0.446 bits per heavy atom. The summed E-state index contributed by atoms with van der Waals surface area (Å²) in [6.45, 7) is 27.3. The molecule has 0 radical (unpaired) electrons. The molecule has 74 heavy (non-hydrogen) atoms. The van der Waals surface area contributed by atoms with E-state index in [1.54, 1.807) is 0 Å². The van der Waals surface area contributed by atoms with Gasteiger partial charge in [-0.1, -0.05) is 169 Å². The third-order valence-corrected chi connectivity index (χ3v) is 16.1. The van der Waals surface area contributed by atoms with Gasteiger partial charge in [0, 0.05) is 62.5 Å². The molecule has 0 unspecified atom stereocenters. The van der Waals surface area contributed by atoms with Crippen molar-refractivity contribution in [3.05, 3.63) is 226 Å². The number of hydrogen-bond acceptors (Lipinski definition) is 4. The Morgan fingerprint density at radius 3 is 1.53 bits per heavy atom. The van der Waals surface area contributed by atoms with E-state index >= 15 is 0 Å². The first-order chi connectivity index (χ1) is 35.3. The van der Waals surface area contributed by atoms with Gasteiger partial charge in [-0.25, -0.2) is 0 Å². The Hall–Kier alpha value is -7.76. The number of hydrogen-bond donors (Lipinski definition) is 0. The van der Waals surface area contributed by atoms with Crippen molar-refractivity contribution in [2.75, 3.05) is 14.7 Å². The molecular formula is C69H66BN3O. The van der Waals surface area contributed by atoms with E-state index in [0.717, 1.165) is 57.0 Å². The van der Waals surface area contributed by atoms with Gasteiger partial charge in [-0.3, -0.25) is 0 Å². The van der Waals surface area contributed by atoms with Crippen LogP contribution in [0.3, 0.4) is 0 Å². The highest BCUT2D eigenvalue weighted by molar-refractivity contribution is 6.99. The van der Waals surface area contributed by atoms with E-state index in [0.29, 0.717) is 0 Å². The minimum atomic E-state index is -0.280. The number of rotatable bonds is 7. The van der Waals surface area contributed by atoms with Gasteiger partial charge in [0.2, 0.25) is 0 Å². The molecule has 2 aliphatic heterocycles. The predicted octanol–water partition coefficient (Wildman–Crippen LogP) is 17.2. The standard InChI is InChI=1S/C69H66BN3O/c1-43-17-26-49(27-18-43)71(50-28-19-44(2)20-29-50)53-34-35-58-63(42-53)74-64-39-48(68(8,9)10)38-62-66(64)70(58)59-37-47(67(5,6)7)25-36-60(59)73(62)54-40-57-65(55-15-13-14-16-56(55)69(57,11)12)61(41-54)72(51-30-21-45(3)22-31-51)52-32-23-46(4)24-33-52/h13-42H,1-12H3. The number of fused-ring (bicyclic) bond motifs is 7. The molecule has 4 nitrogen and oxygen atoms in total. The zero-order valence-corrected chi connectivity index (χ0v) is 45.1. The van der Waals surface area contributed by atoms with Gasteiger partial charge >= 0.3 is 0 Å². The van der Waals surface area contributed by atoms with Crippen molar-refractivity contribution in [2.45, 2.75) is 99.3 Å². The zero-order chi connectivity index (χ0) is 51.6. The lowest BCUT2D eigenvalue weighted by molar-refractivity contribution is 0.483. The lowest BCUT2D eigenvalue weighted by Crippen LogP contribution is -2.59. The van der Waals surface area contributed by atoms with Crippen LogP contribution in [0.5, 0.6) is 11.5 Å². The molecule has 12 rings (SSSR count). The van der Waals surface area contributed by atoms with Gasteiger partial charge in [0.15, 0.2) is 0 Å². The normalized spacial score (nSPS) is 13.8. The highest BCUT2D eigenvalue weighted by Crippen LogP contribution is 2.57. The van der Waals surface area contributed by atoms with E-state index < -0.39 is 0 Å². The molecule has 9 aromatic carbocycles. The third-order valence-electron chi connectivity index (χ3n) is 16.1. The van der Waals surface area contributed by atoms with E-state index in [9.17, 15) is 0 Å². The molecule has 3 aliphatic rings. The molecular weight excluding hydrogens is 898 g/mol. The van der Waals surface area contributed by atoms with Gasteiger partial charge in [-0.05, 0) is 168 Å². The third kappa shape index (κ3) is 7.82. The zero-order valence-electron chi connectivity index (χ0n) is 45.1. The lowest BCUT2D eigenvalue weighted by atomic mass is 9.34. The van der Waals surface area contributed by atoms with Crippen molar-refractivity contribution in [3.63, 3.8) is 0 Å².